The maximum absolute atomic E-state index is 12.7. The third-order valence-corrected chi connectivity index (χ3v) is 7.07. The van der Waals surface area contributed by atoms with E-state index < -0.39 is 22.9 Å². The lowest BCUT2D eigenvalue weighted by molar-refractivity contribution is -0.137. The van der Waals surface area contributed by atoms with Crippen molar-refractivity contribution in [1.29, 1.82) is 0 Å². The number of benzene rings is 2. The Hall–Kier alpha value is -3.94. The van der Waals surface area contributed by atoms with Crippen molar-refractivity contribution in [2.45, 2.75) is 77.7 Å². The zero-order chi connectivity index (χ0) is 28.9. The van der Waals surface area contributed by atoms with Crippen LogP contribution in [0, 0.1) is 0 Å². The number of aliphatic carboxylic acids is 1. The van der Waals surface area contributed by atoms with Gasteiger partial charge in [-0.1, -0.05) is 82.7 Å². The number of carbonyl (C=O) groups excluding carboxylic acids is 1. The molecule has 1 amide bonds. The first-order valence-electron chi connectivity index (χ1n) is 14.4. The van der Waals surface area contributed by atoms with Gasteiger partial charge in [0, 0.05) is 30.8 Å². The predicted octanol–water partition coefficient (Wildman–Crippen LogP) is 5.61. The SMILES string of the molecule is CCCCCCN(CCCCCC)c1c(N[C@@H](Cc2ccc(NC(=O)c3ccccc3)cc2)C(=O)O)c(=O)c1=O. The fourth-order valence-corrected chi connectivity index (χ4v) is 4.74. The summed E-state index contributed by atoms with van der Waals surface area (Å²) >= 11 is 0. The number of hydrogen-bond acceptors (Lipinski definition) is 6. The number of carbonyl (C=O) groups is 2. The highest BCUT2D eigenvalue weighted by molar-refractivity contribution is 6.04. The van der Waals surface area contributed by atoms with Gasteiger partial charge in [-0.25, -0.2) is 4.79 Å². The molecule has 0 radical (unpaired) electrons. The Bertz CT molecular complexity index is 1280. The van der Waals surface area contributed by atoms with Gasteiger partial charge in [0.2, 0.25) is 0 Å². The first-order valence-corrected chi connectivity index (χ1v) is 14.4. The molecule has 40 heavy (non-hydrogen) atoms. The Morgan fingerprint density at radius 3 is 1.95 bits per heavy atom. The van der Waals surface area contributed by atoms with Gasteiger partial charge in [0.25, 0.3) is 16.8 Å². The first-order chi connectivity index (χ1) is 19.3. The lowest BCUT2D eigenvalue weighted by atomic mass is 10.0. The molecule has 1 atom stereocenters. The molecule has 0 bridgehead atoms. The molecule has 3 rings (SSSR count). The number of unbranched alkanes of at least 4 members (excludes halogenated alkanes) is 6. The number of carboxylic acid groups (broad SMARTS) is 1. The Morgan fingerprint density at radius 1 is 0.800 bits per heavy atom. The van der Waals surface area contributed by atoms with E-state index in [0.717, 1.165) is 51.4 Å². The number of carboxylic acids is 1. The number of nitrogens with one attached hydrogen (secondary N) is 2. The van der Waals surface area contributed by atoms with Crippen LogP contribution in [0.25, 0.3) is 0 Å². The monoisotopic (exact) mass is 547 g/mol. The molecule has 214 valence electrons. The van der Waals surface area contributed by atoms with Crippen LogP contribution >= 0.6 is 0 Å². The number of anilines is 3. The highest BCUT2D eigenvalue weighted by atomic mass is 16.4. The van der Waals surface area contributed by atoms with E-state index in [2.05, 4.69) is 24.5 Å². The highest BCUT2D eigenvalue weighted by Crippen LogP contribution is 2.24. The average Bonchev–Trinajstić information content (AvgIpc) is 2.97. The fourth-order valence-electron chi connectivity index (χ4n) is 4.74. The largest absolute Gasteiger partial charge is 0.480 e. The highest BCUT2D eigenvalue weighted by Gasteiger charge is 2.29. The van der Waals surface area contributed by atoms with Crippen molar-refractivity contribution in [3.05, 3.63) is 86.2 Å². The van der Waals surface area contributed by atoms with E-state index in [1.54, 1.807) is 48.5 Å². The minimum absolute atomic E-state index is 0.105. The van der Waals surface area contributed by atoms with Gasteiger partial charge in [-0.3, -0.25) is 14.4 Å². The van der Waals surface area contributed by atoms with Crippen LogP contribution in [0.2, 0.25) is 0 Å². The number of nitrogens with zero attached hydrogens (tertiary/aromatic N) is 1. The van der Waals surface area contributed by atoms with Gasteiger partial charge < -0.3 is 20.6 Å². The third-order valence-electron chi connectivity index (χ3n) is 7.07. The molecule has 3 aromatic rings. The second-order valence-electron chi connectivity index (χ2n) is 10.2. The zero-order valence-corrected chi connectivity index (χ0v) is 23.6. The van der Waals surface area contributed by atoms with Crippen molar-refractivity contribution in [2.75, 3.05) is 28.6 Å². The average molecular weight is 548 g/mol. The van der Waals surface area contributed by atoms with E-state index >= 15 is 0 Å². The van der Waals surface area contributed by atoms with Crippen molar-refractivity contribution in [3.63, 3.8) is 0 Å². The summed E-state index contributed by atoms with van der Waals surface area (Å²) in [6, 6.07) is 14.7. The third kappa shape index (κ3) is 8.53. The van der Waals surface area contributed by atoms with E-state index in [4.69, 9.17) is 0 Å². The number of amides is 1. The molecule has 8 nitrogen and oxygen atoms in total. The summed E-state index contributed by atoms with van der Waals surface area (Å²) in [5, 5.41) is 15.6. The molecule has 0 aliphatic heterocycles. The molecule has 0 aromatic heterocycles. The van der Waals surface area contributed by atoms with E-state index in [-0.39, 0.29) is 18.0 Å². The maximum atomic E-state index is 12.7. The molecule has 8 heteroatoms. The summed E-state index contributed by atoms with van der Waals surface area (Å²) < 4.78 is 0. The molecular formula is C32H41N3O5. The van der Waals surface area contributed by atoms with Crippen molar-refractivity contribution in [1.82, 2.24) is 0 Å². The lowest BCUT2D eigenvalue weighted by Gasteiger charge is -2.29. The summed E-state index contributed by atoms with van der Waals surface area (Å²) in [4.78, 5) is 51.8. The van der Waals surface area contributed by atoms with Gasteiger partial charge in [0.05, 0.1) is 0 Å². The van der Waals surface area contributed by atoms with Crippen LogP contribution in [-0.4, -0.2) is 36.1 Å². The van der Waals surface area contributed by atoms with Crippen molar-refractivity contribution >= 4 is 28.9 Å². The van der Waals surface area contributed by atoms with Crippen LogP contribution in [0.15, 0.2) is 64.2 Å². The molecule has 0 heterocycles. The summed E-state index contributed by atoms with van der Waals surface area (Å²) in [6.45, 7) is 5.61. The van der Waals surface area contributed by atoms with Gasteiger partial charge in [-0.2, -0.15) is 0 Å². The quantitative estimate of drug-likeness (QED) is 0.140. The Labute approximate surface area is 236 Å². The number of hydrogen-bond donors (Lipinski definition) is 3. The minimum Gasteiger partial charge on any atom is -0.480 e. The number of rotatable bonds is 18. The topological polar surface area (TPSA) is 116 Å². The van der Waals surface area contributed by atoms with Gasteiger partial charge >= 0.3 is 5.97 Å². The molecule has 0 saturated carbocycles. The van der Waals surface area contributed by atoms with Gasteiger partial charge in [0.1, 0.15) is 17.4 Å². The van der Waals surface area contributed by atoms with Crippen LogP contribution in [0.3, 0.4) is 0 Å². The normalized spacial score (nSPS) is 11.8. The Balaban J connectivity index is 1.70. The molecule has 0 aliphatic carbocycles. The molecule has 0 aliphatic rings. The molecule has 0 spiro atoms. The summed E-state index contributed by atoms with van der Waals surface area (Å²) in [7, 11) is 0. The second-order valence-corrected chi connectivity index (χ2v) is 10.2. The Morgan fingerprint density at radius 2 is 1.40 bits per heavy atom. The van der Waals surface area contributed by atoms with Crippen LogP contribution in [0.4, 0.5) is 17.1 Å². The lowest BCUT2D eigenvalue weighted by Crippen LogP contribution is -2.46. The summed E-state index contributed by atoms with van der Waals surface area (Å²) in [5.41, 5.74) is 1.06. The Kier molecular flexibility index (Phi) is 11.9. The fraction of sp³-hybridized carbons (Fsp3) is 0.438. The molecule has 0 unspecified atom stereocenters. The van der Waals surface area contributed by atoms with E-state index in [1.807, 2.05) is 11.0 Å². The second kappa shape index (κ2) is 15.6. The van der Waals surface area contributed by atoms with E-state index in [0.29, 0.717) is 35.6 Å². The molecule has 3 N–H and O–H groups in total. The van der Waals surface area contributed by atoms with Gasteiger partial charge in [-0.05, 0) is 42.7 Å². The van der Waals surface area contributed by atoms with Gasteiger partial charge in [-0.15, -0.1) is 0 Å². The smallest absolute Gasteiger partial charge is 0.326 e. The summed E-state index contributed by atoms with van der Waals surface area (Å²) in [6.07, 6.45) is 8.43. The van der Waals surface area contributed by atoms with Crippen molar-refractivity contribution in [2.24, 2.45) is 0 Å². The maximum Gasteiger partial charge on any atom is 0.326 e. The van der Waals surface area contributed by atoms with Crippen LogP contribution in [-0.2, 0) is 11.2 Å². The van der Waals surface area contributed by atoms with Crippen molar-refractivity contribution < 1.29 is 14.7 Å². The van der Waals surface area contributed by atoms with Crippen LogP contribution in [0.1, 0.15) is 81.1 Å². The molecule has 0 fully saturated rings. The first kappa shape index (κ1) is 30.6. The molecular weight excluding hydrogens is 506 g/mol. The summed E-state index contributed by atoms with van der Waals surface area (Å²) in [5.74, 6) is -1.35. The molecule has 0 saturated heterocycles. The zero-order valence-electron chi connectivity index (χ0n) is 23.6. The van der Waals surface area contributed by atoms with Crippen LogP contribution in [0.5, 0.6) is 0 Å². The predicted molar refractivity (Wildman–Crippen MR) is 161 cm³/mol. The standard InChI is InChI=1S/C32H41N3O5/c1-3-5-7-12-20-35(21-13-8-6-4-2)28-27(29(36)30(28)37)34-26(32(39)40)22-23-16-18-25(19-17-23)33-31(38)24-14-10-9-11-15-24/h9-11,14-19,26,34H,3-8,12-13,20-22H2,1-2H3,(H,33,38)(H,39,40)/t26-/m0/s1. The van der Waals surface area contributed by atoms with E-state index in [1.165, 1.54) is 0 Å². The van der Waals surface area contributed by atoms with E-state index in [9.17, 15) is 24.3 Å². The van der Waals surface area contributed by atoms with Crippen LogP contribution < -0.4 is 26.4 Å². The molecule has 3 aromatic carbocycles. The van der Waals surface area contributed by atoms with Gasteiger partial charge in [0.15, 0.2) is 0 Å². The minimum atomic E-state index is -1.11. The van der Waals surface area contributed by atoms with Crippen molar-refractivity contribution in [3.8, 4) is 0 Å².